The average Bonchev–Trinajstić information content (AvgIpc) is 2.95. The van der Waals surface area contributed by atoms with Gasteiger partial charge in [-0.25, -0.2) is 4.57 Å². The van der Waals surface area contributed by atoms with E-state index >= 15 is 0 Å². The molecular formula is C11H8BrF3IN5S. The summed E-state index contributed by atoms with van der Waals surface area (Å²) in [7, 11) is 0. The smallest absolute Gasteiger partial charge is 0.453 e. The number of pyridine rings is 1. The second-order valence-corrected chi connectivity index (χ2v) is 6.07. The molecule has 3 heterocycles. The zero-order valence-electron chi connectivity index (χ0n) is 11.0. The van der Waals surface area contributed by atoms with E-state index in [4.69, 9.17) is 0 Å². The fraction of sp³-hybridized carbons (Fsp3) is 0.273. The maximum Gasteiger partial charge on any atom is 0.453 e. The molecular weight excluding hydrogens is 498 g/mol. The SMILES string of the molecule is CC[n+]1cc(Br)cc(-c2nn3c(C(F)(F)F)nnc3s2)c1.[I-]. The first kappa shape index (κ1) is 17.5. The van der Waals surface area contributed by atoms with Gasteiger partial charge in [-0.05, 0) is 28.9 Å². The minimum Gasteiger partial charge on any atom is -1.00 e. The Morgan fingerprint density at radius 2 is 2.05 bits per heavy atom. The van der Waals surface area contributed by atoms with Crippen molar-refractivity contribution in [2.24, 2.45) is 0 Å². The summed E-state index contributed by atoms with van der Waals surface area (Å²) in [6.45, 7) is 2.71. The van der Waals surface area contributed by atoms with Crippen LogP contribution in [-0.2, 0) is 12.7 Å². The van der Waals surface area contributed by atoms with Crippen molar-refractivity contribution in [1.82, 2.24) is 19.8 Å². The summed E-state index contributed by atoms with van der Waals surface area (Å²) in [5, 5.41) is 11.1. The van der Waals surface area contributed by atoms with Crippen molar-refractivity contribution in [1.29, 1.82) is 0 Å². The zero-order valence-corrected chi connectivity index (χ0v) is 15.5. The van der Waals surface area contributed by atoms with E-state index in [1.54, 1.807) is 6.07 Å². The van der Waals surface area contributed by atoms with E-state index in [0.29, 0.717) is 5.01 Å². The van der Waals surface area contributed by atoms with Gasteiger partial charge in [0.2, 0.25) is 4.96 Å². The van der Waals surface area contributed by atoms with Crippen LogP contribution in [0.1, 0.15) is 12.7 Å². The Labute approximate surface area is 152 Å². The topological polar surface area (TPSA) is 47.0 Å². The lowest BCUT2D eigenvalue weighted by Crippen LogP contribution is -3.00. The molecule has 3 aromatic heterocycles. The van der Waals surface area contributed by atoms with E-state index in [2.05, 4.69) is 31.2 Å². The molecule has 118 valence electrons. The number of rotatable bonds is 2. The summed E-state index contributed by atoms with van der Waals surface area (Å²) in [5.41, 5.74) is 0.717. The lowest BCUT2D eigenvalue weighted by Gasteiger charge is -2.00. The zero-order chi connectivity index (χ0) is 15.2. The molecule has 0 aliphatic carbocycles. The Bertz CT molecular complexity index is 816. The number of fused-ring (bicyclic) bond motifs is 1. The third-order valence-corrected chi connectivity index (χ3v) is 4.13. The van der Waals surface area contributed by atoms with Crippen LogP contribution in [0.25, 0.3) is 15.5 Å². The van der Waals surface area contributed by atoms with E-state index in [1.807, 2.05) is 23.9 Å². The third kappa shape index (κ3) is 3.25. The molecule has 3 rings (SSSR count). The second kappa shape index (κ2) is 6.35. The fourth-order valence-corrected chi connectivity index (χ4v) is 3.14. The van der Waals surface area contributed by atoms with Crippen LogP contribution in [-0.4, -0.2) is 19.8 Å². The predicted octanol–water partition coefficient (Wildman–Crippen LogP) is -0.0545. The Kier molecular flexibility index (Phi) is 5.06. The Balaban J connectivity index is 0.00000176. The van der Waals surface area contributed by atoms with Crippen molar-refractivity contribution in [3.63, 3.8) is 0 Å². The van der Waals surface area contributed by atoms with Gasteiger partial charge in [0.25, 0.3) is 5.82 Å². The van der Waals surface area contributed by atoms with Crippen LogP contribution in [0, 0.1) is 0 Å². The molecule has 0 atom stereocenters. The van der Waals surface area contributed by atoms with Gasteiger partial charge < -0.3 is 24.0 Å². The van der Waals surface area contributed by atoms with E-state index in [1.165, 1.54) is 0 Å². The highest BCUT2D eigenvalue weighted by atomic mass is 127. The predicted molar refractivity (Wildman–Crippen MR) is 72.7 cm³/mol. The number of alkyl halides is 3. The quantitative estimate of drug-likeness (QED) is 0.362. The Hall–Kier alpha value is -0.820. The minimum absolute atomic E-state index is 0. The van der Waals surface area contributed by atoms with Gasteiger partial charge in [-0.2, -0.15) is 22.8 Å². The maximum atomic E-state index is 12.8. The van der Waals surface area contributed by atoms with Crippen LogP contribution >= 0.6 is 27.3 Å². The molecule has 0 saturated heterocycles. The van der Waals surface area contributed by atoms with Gasteiger partial charge >= 0.3 is 6.18 Å². The first-order chi connectivity index (χ1) is 9.88. The number of nitrogens with zero attached hydrogens (tertiary/aromatic N) is 5. The normalized spacial score (nSPS) is 11.7. The number of halogens is 5. The molecule has 0 unspecified atom stereocenters. The molecule has 11 heteroatoms. The Morgan fingerprint density at radius 1 is 1.32 bits per heavy atom. The monoisotopic (exact) mass is 505 g/mol. The van der Waals surface area contributed by atoms with Crippen LogP contribution in [0.3, 0.4) is 0 Å². The highest BCUT2D eigenvalue weighted by molar-refractivity contribution is 9.10. The Morgan fingerprint density at radius 3 is 2.68 bits per heavy atom. The molecule has 0 N–H and O–H groups in total. The summed E-state index contributed by atoms with van der Waals surface area (Å²) in [5.74, 6) is -1.11. The summed E-state index contributed by atoms with van der Waals surface area (Å²) in [6.07, 6.45) is -0.875. The third-order valence-electron chi connectivity index (χ3n) is 2.74. The van der Waals surface area contributed by atoms with Crippen molar-refractivity contribution in [2.75, 3.05) is 0 Å². The van der Waals surface area contributed by atoms with Crippen LogP contribution in [0.15, 0.2) is 22.9 Å². The molecule has 0 radical (unpaired) electrons. The van der Waals surface area contributed by atoms with E-state index in [9.17, 15) is 13.2 Å². The second-order valence-electron chi connectivity index (χ2n) is 4.20. The average molecular weight is 506 g/mol. The molecule has 5 nitrogen and oxygen atoms in total. The van der Waals surface area contributed by atoms with Gasteiger partial charge in [0.15, 0.2) is 17.4 Å². The van der Waals surface area contributed by atoms with Crippen molar-refractivity contribution in [3.05, 3.63) is 28.8 Å². The van der Waals surface area contributed by atoms with Crippen LogP contribution in [0.4, 0.5) is 13.2 Å². The number of hydrogen-bond acceptors (Lipinski definition) is 4. The van der Waals surface area contributed by atoms with E-state index in [0.717, 1.165) is 32.4 Å². The largest absolute Gasteiger partial charge is 1.00 e. The number of hydrogen-bond donors (Lipinski definition) is 0. The summed E-state index contributed by atoms with van der Waals surface area (Å²) in [6, 6.07) is 1.80. The van der Waals surface area contributed by atoms with E-state index in [-0.39, 0.29) is 28.9 Å². The number of aromatic nitrogens is 5. The van der Waals surface area contributed by atoms with Gasteiger partial charge in [-0.15, -0.1) is 10.2 Å². The number of aryl methyl sites for hydroxylation is 1. The van der Waals surface area contributed by atoms with Crippen molar-refractivity contribution < 1.29 is 41.7 Å². The molecule has 0 bridgehead atoms. The maximum absolute atomic E-state index is 12.8. The van der Waals surface area contributed by atoms with Gasteiger partial charge in [0.1, 0.15) is 6.54 Å². The first-order valence-electron chi connectivity index (χ1n) is 5.88. The van der Waals surface area contributed by atoms with Gasteiger partial charge in [-0.1, -0.05) is 11.3 Å². The molecule has 0 aromatic carbocycles. The lowest BCUT2D eigenvalue weighted by atomic mass is 10.3. The van der Waals surface area contributed by atoms with Crippen molar-refractivity contribution >= 4 is 32.2 Å². The summed E-state index contributed by atoms with van der Waals surface area (Å²) in [4.78, 5) is 0.111. The fourth-order valence-electron chi connectivity index (χ4n) is 1.81. The van der Waals surface area contributed by atoms with E-state index < -0.39 is 12.0 Å². The van der Waals surface area contributed by atoms with Crippen molar-refractivity contribution in [3.8, 4) is 10.6 Å². The van der Waals surface area contributed by atoms with Crippen LogP contribution in [0.2, 0.25) is 0 Å². The molecule has 0 spiro atoms. The highest BCUT2D eigenvalue weighted by Crippen LogP contribution is 2.31. The van der Waals surface area contributed by atoms with Gasteiger partial charge in [0.05, 0.1) is 10.0 Å². The van der Waals surface area contributed by atoms with Crippen LogP contribution in [0.5, 0.6) is 0 Å². The molecule has 3 aromatic rings. The first-order valence-corrected chi connectivity index (χ1v) is 7.49. The van der Waals surface area contributed by atoms with Gasteiger partial charge in [0, 0.05) is 0 Å². The lowest BCUT2D eigenvalue weighted by molar-refractivity contribution is -0.693. The van der Waals surface area contributed by atoms with Gasteiger partial charge in [-0.3, -0.25) is 0 Å². The molecule has 0 aliphatic rings. The molecule has 0 fully saturated rings. The molecule has 0 amide bonds. The molecule has 0 saturated carbocycles. The standard InChI is InChI=1S/C11H8BrF3N5S.HI/c1-2-19-4-6(3-7(12)5-19)8-18-20-9(11(13,14)15)16-17-10(20)21-8;/h3-5H,2H2,1H3;1H/q+1;/p-1. The highest BCUT2D eigenvalue weighted by Gasteiger charge is 2.38. The van der Waals surface area contributed by atoms with Crippen molar-refractivity contribution in [2.45, 2.75) is 19.6 Å². The summed E-state index contributed by atoms with van der Waals surface area (Å²) < 4.78 is 41.8. The molecule has 0 aliphatic heterocycles. The summed E-state index contributed by atoms with van der Waals surface area (Å²) >= 11 is 4.43. The minimum atomic E-state index is -4.58. The molecule has 22 heavy (non-hydrogen) atoms. The van der Waals surface area contributed by atoms with Crippen LogP contribution < -0.4 is 28.5 Å².